The molecule has 0 amide bonds. The molecule has 0 N–H and O–H groups in total. The maximum atomic E-state index is 12.3. The Morgan fingerprint density at radius 1 is 1.00 bits per heavy atom. The number of hydrogen-bond acceptors (Lipinski definition) is 5. The van der Waals surface area contributed by atoms with Crippen molar-refractivity contribution in [1.29, 1.82) is 0 Å². The molecule has 1 unspecified atom stereocenters. The van der Waals surface area contributed by atoms with E-state index in [9.17, 15) is 4.79 Å². The molecule has 5 heteroatoms. The first kappa shape index (κ1) is 22.4. The Kier molecular flexibility index (Phi) is 8.22. The van der Waals surface area contributed by atoms with E-state index in [1.54, 1.807) is 0 Å². The second-order valence-electron chi connectivity index (χ2n) is 7.60. The molecular formula is C24H28O2S3. The predicted octanol–water partition coefficient (Wildman–Crippen LogP) is 6.88. The van der Waals surface area contributed by atoms with Crippen LogP contribution in [0.15, 0.2) is 54.6 Å². The minimum absolute atomic E-state index is 0.0493. The van der Waals surface area contributed by atoms with Crippen LogP contribution in [0.3, 0.4) is 0 Å². The van der Waals surface area contributed by atoms with Crippen molar-refractivity contribution in [3.63, 3.8) is 0 Å². The highest BCUT2D eigenvalue weighted by atomic mass is 32.2. The van der Waals surface area contributed by atoms with Crippen LogP contribution >= 0.6 is 36.6 Å². The van der Waals surface area contributed by atoms with Gasteiger partial charge in [-0.15, -0.1) is 0 Å². The molecule has 1 saturated carbocycles. The molecule has 1 aliphatic rings. The van der Waals surface area contributed by atoms with Gasteiger partial charge in [-0.2, -0.15) is 12.6 Å². The van der Waals surface area contributed by atoms with Crippen LogP contribution in [0.5, 0.6) is 0 Å². The number of ether oxygens (including phenoxy) is 1. The normalized spacial score (nSPS) is 17.6. The van der Waals surface area contributed by atoms with Crippen molar-refractivity contribution in [2.45, 2.75) is 54.9 Å². The number of thiocarbonyl (C=S) groups is 1. The number of thiol groups is 1. The van der Waals surface area contributed by atoms with Gasteiger partial charge in [-0.1, -0.05) is 111 Å². The van der Waals surface area contributed by atoms with Crippen LogP contribution in [-0.2, 0) is 14.3 Å². The van der Waals surface area contributed by atoms with E-state index in [0.717, 1.165) is 24.0 Å². The van der Waals surface area contributed by atoms with Crippen LogP contribution in [0.1, 0.15) is 66.9 Å². The largest absolute Gasteiger partial charge is 0.468 e. The molecule has 1 atom stereocenters. The smallest absolute Gasteiger partial charge is 0.323 e. The number of hydrogen-bond donors (Lipinski definition) is 1. The summed E-state index contributed by atoms with van der Waals surface area (Å²) in [6.45, 7) is 0. The zero-order valence-electron chi connectivity index (χ0n) is 16.8. The standard InChI is InChI=1S/C24H28O2S3/c1-26-22(25)21(18-10-6-5-7-11-18)29-23(27)19-12-14-20(15-13-19)24(28)16-8-3-2-4-9-17-24/h5-7,10-15,21,28H,2-4,8-9,16-17H2,1H3. The number of rotatable bonds is 5. The summed E-state index contributed by atoms with van der Waals surface area (Å²) in [4.78, 5) is 12.3. The molecule has 0 spiro atoms. The van der Waals surface area contributed by atoms with Crippen LogP contribution in [0, 0.1) is 0 Å². The summed E-state index contributed by atoms with van der Waals surface area (Å²) >= 11 is 12.1. The van der Waals surface area contributed by atoms with Crippen LogP contribution in [0.2, 0.25) is 0 Å². The molecule has 1 fully saturated rings. The van der Waals surface area contributed by atoms with Gasteiger partial charge in [0.2, 0.25) is 0 Å². The molecule has 29 heavy (non-hydrogen) atoms. The van der Waals surface area contributed by atoms with E-state index in [1.165, 1.54) is 56.5 Å². The highest BCUT2D eigenvalue weighted by Crippen LogP contribution is 2.41. The van der Waals surface area contributed by atoms with E-state index < -0.39 is 5.25 Å². The Bertz CT molecular complexity index is 810. The third-order valence-electron chi connectivity index (χ3n) is 5.58. The van der Waals surface area contributed by atoms with Crippen LogP contribution in [-0.4, -0.2) is 17.3 Å². The molecule has 0 saturated heterocycles. The first-order valence-electron chi connectivity index (χ1n) is 10.2. The zero-order valence-corrected chi connectivity index (χ0v) is 19.3. The SMILES string of the molecule is COC(=O)C(SC(=S)c1ccc(C2(S)CCCCCCC2)cc1)c1ccccc1. The third kappa shape index (κ3) is 5.87. The van der Waals surface area contributed by atoms with Gasteiger partial charge in [-0.05, 0) is 29.5 Å². The van der Waals surface area contributed by atoms with Gasteiger partial charge in [0.05, 0.1) is 11.3 Å². The number of carbonyl (C=O) groups is 1. The molecule has 0 bridgehead atoms. The Labute approximate surface area is 189 Å². The molecule has 1 aliphatic carbocycles. The van der Waals surface area contributed by atoms with Gasteiger partial charge in [-0.25, -0.2) is 0 Å². The topological polar surface area (TPSA) is 26.3 Å². The first-order valence-corrected chi connectivity index (χ1v) is 11.9. The Hall–Kier alpha value is -1.30. The fourth-order valence-corrected chi connectivity index (χ4v) is 5.72. The molecule has 2 aromatic rings. The maximum Gasteiger partial charge on any atom is 0.323 e. The molecule has 0 aromatic heterocycles. The highest BCUT2D eigenvalue weighted by molar-refractivity contribution is 8.24. The van der Waals surface area contributed by atoms with Crippen LogP contribution < -0.4 is 0 Å². The lowest BCUT2D eigenvalue weighted by molar-refractivity contribution is -0.140. The fraction of sp³-hybridized carbons (Fsp3) is 0.417. The van der Waals surface area contributed by atoms with Gasteiger partial charge >= 0.3 is 5.97 Å². The summed E-state index contributed by atoms with van der Waals surface area (Å²) < 4.78 is 5.65. The number of esters is 1. The highest BCUT2D eigenvalue weighted by Gasteiger charge is 2.28. The van der Waals surface area contributed by atoms with Crippen molar-refractivity contribution in [2.24, 2.45) is 0 Å². The molecule has 3 rings (SSSR count). The molecule has 0 aliphatic heterocycles. The van der Waals surface area contributed by atoms with Gasteiger partial charge < -0.3 is 4.74 Å². The van der Waals surface area contributed by atoms with Crippen molar-refractivity contribution in [3.05, 3.63) is 71.3 Å². The summed E-state index contributed by atoms with van der Waals surface area (Å²) in [5.74, 6) is -0.288. The third-order valence-corrected chi connectivity index (χ3v) is 7.96. The summed E-state index contributed by atoms with van der Waals surface area (Å²) in [6.07, 6.45) is 8.65. The Balaban J connectivity index is 1.74. The van der Waals surface area contributed by atoms with Crippen molar-refractivity contribution in [3.8, 4) is 0 Å². The van der Waals surface area contributed by atoms with Crippen molar-refractivity contribution < 1.29 is 9.53 Å². The van der Waals surface area contributed by atoms with Gasteiger partial charge in [0.15, 0.2) is 0 Å². The van der Waals surface area contributed by atoms with Gasteiger partial charge in [0.1, 0.15) is 5.25 Å². The van der Waals surface area contributed by atoms with E-state index in [2.05, 4.69) is 24.3 Å². The Morgan fingerprint density at radius 3 is 2.17 bits per heavy atom. The van der Waals surface area contributed by atoms with E-state index >= 15 is 0 Å². The minimum atomic E-state index is -0.463. The van der Waals surface area contributed by atoms with Crippen molar-refractivity contribution in [1.82, 2.24) is 0 Å². The van der Waals surface area contributed by atoms with E-state index in [-0.39, 0.29) is 10.7 Å². The molecular weight excluding hydrogens is 416 g/mol. The molecule has 2 aromatic carbocycles. The zero-order chi connectivity index (χ0) is 20.7. The van der Waals surface area contributed by atoms with Crippen LogP contribution in [0.4, 0.5) is 0 Å². The lowest BCUT2D eigenvalue weighted by Crippen LogP contribution is -2.20. The second kappa shape index (κ2) is 10.6. The van der Waals surface area contributed by atoms with Crippen LogP contribution in [0.25, 0.3) is 0 Å². The van der Waals surface area contributed by atoms with E-state index in [4.69, 9.17) is 29.6 Å². The molecule has 154 valence electrons. The monoisotopic (exact) mass is 444 g/mol. The van der Waals surface area contributed by atoms with E-state index in [0.29, 0.717) is 4.20 Å². The van der Waals surface area contributed by atoms with Gasteiger partial charge in [0, 0.05) is 4.75 Å². The average molecular weight is 445 g/mol. The first-order chi connectivity index (χ1) is 14.0. The number of thioether (sulfide) groups is 1. The summed E-state index contributed by atoms with van der Waals surface area (Å²) in [5, 5.41) is -0.463. The predicted molar refractivity (Wildman–Crippen MR) is 130 cm³/mol. The lowest BCUT2D eigenvalue weighted by atomic mass is 9.85. The minimum Gasteiger partial charge on any atom is -0.468 e. The molecule has 0 radical (unpaired) electrons. The fourth-order valence-electron chi connectivity index (χ4n) is 3.86. The molecule has 2 nitrogen and oxygen atoms in total. The maximum absolute atomic E-state index is 12.3. The van der Waals surface area contributed by atoms with Gasteiger partial charge in [-0.3, -0.25) is 4.79 Å². The number of methoxy groups -OCH3 is 1. The van der Waals surface area contributed by atoms with Gasteiger partial charge in [0.25, 0.3) is 0 Å². The van der Waals surface area contributed by atoms with E-state index in [1.807, 2.05) is 30.3 Å². The summed E-state index contributed by atoms with van der Waals surface area (Å²) in [6, 6.07) is 18.1. The Morgan fingerprint density at radius 2 is 1.59 bits per heavy atom. The second-order valence-corrected chi connectivity index (χ2v) is 10.2. The molecule has 0 heterocycles. The summed E-state index contributed by atoms with van der Waals surface area (Å²) in [7, 11) is 1.41. The summed E-state index contributed by atoms with van der Waals surface area (Å²) in [5.41, 5.74) is 3.13. The quantitative estimate of drug-likeness (QED) is 0.309. The lowest BCUT2D eigenvalue weighted by Gasteiger charge is -2.31. The number of carbonyl (C=O) groups excluding carboxylic acids is 1. The van der Waals surface area contributed by atoms with Crippen molar-refractivity contribution in [2.75, 3.05) is 7.11 Å². The average Bonchev–Trinajstić information content (AvgIpc) is 2.75. The van der Waals surface area contributed by atoms with Crippen molar-refractivity contribution >= 4 is 46.8 Å². The number of benzene rings is 2.